The second-order valence-electron chi connectivity index (χ2n) is 3.56. The number of hydrogen-bond acceptors (Lipinski definition) is 4. The lowest BCUT2D eigenvalue weighted by atomic mass is 9.80. The summed E-state index contributed by atoms with van der Waals surface area (Å²) in [6.07, 6.45) is 4.43. The Balaban J connectivity index is 2.31. The van der Waals surface area contributed by atoms with E-state index in [1.807, 2.05) is 0 Å². The first-order valence-electron chi connectivity index (χ1n) is 4.71. The van der Waals surface area contributed by atoms with E-state index in [4.69, 9.17) is 5.73 Å². The summed E-state index contributed by atoms with van der Waals surface area (Å²) in [5.74, 6) is 0.692. The first kappa shape index (κ1) is 10.2. The van der Waals surface area contributed by atoms with E-state index in [1.54, 1.807) is 0 Å². The highest BCUT2D eigenvalue weighted by Gasteiger charge is 2.24. The van der Waals surface area contributed by atoms with Crippen molar-refractivity contribution in [3.05, 3.63) is 10.1 Å². The molecule has 1 saturated carbocycles. The average molecular weight is 188 g/mol. The smallest absolute Gasteiger partial charge is 0.294 e. The van der Waals surface area contributed by atoms with Crippen LogP contribution in [0, 0.1) is 22.0 Å². The molecule has 0 amide bonds. The normalized spacial score (nSPS) is 28.4. The van der Waals surface area contributed by atoms with Crippen LogP contribution in [-0.2, 0) is 4.84 Å². The average Bonchev–Trinajstić information content (AvgIpc) is 2.15. The third-order valence-electron chi connectivity index (χ3n) is 2.76. The van der Waals surface area contributed by atoms with Crippen molar-refractivity contribution >= 4 is 0 Å². The van der Waals surface area contributed by atoms with E-state index in [0.29, 0.717) is 12.5 Å². The molecule has 0 aliphatic heterocycles. The maximum atomic E-state index is 9.99. The predicted molar refractivity (Wildman–Crippen MR) is 47.4 cm³/mol. The van der Waals surface area contributed by atoms with Crippen molar-refractivity contribution < 1.29 is 9.92 Å². The number of hydrogen-bond donors (Lipinski definition) is 1. The van der Waals surface area contributed by atoms with Gasteiger partial charge in [0.1, 0.15) is 0 Å². The highest BCUT2D eigenvalue weighted by atomic mass is 16.9. The molecule has 0 spiro atoms. The van der Waals surface area contributed by atoms with Gasteiger partial charge in [0.2, 0.25) is 0 Å². The first-order chi connectivity index (χ1) is 6.24. The van der Waals surface area contributed by atoms with Gasteiger partial charge >= 0.3 is 0 Å². The molecule has 0 unspecified atom stereocenters. The molecule has 0 heterocycles. The highest BCUT2D eigenvalue weighted by Crippen LogP contribution is 2.29. The molecule has 1 fully saturated rings. The Hall–Kier alpha value is -0.840. The Morgan fingerprint density at radius 2 is 2.00 bits per heavy atom. The molecule has 2 N–H and O–H groups in total. The SMILES string of the molecule is NC[C@@H]1CCCC[C@@H]1CO[N+](=O)[O-]. The van der Waals surface area contributed by atoms with E-state index < -0.39 is 5.09 Å². The Morgan fingerprint density at radius 3 is 2.54 bits per heavy atom. The van der Waals surface area contributed by atoms with Gasteiger partial charge in [-0.15, -0.1) is 10.1 Å². The van der Waals surface area contributed by atoms with Gasteiger partial charge < -0.3 is 10.6 Å². The molecule has 76 valence electrons. The van der Waals surface area contributed by atoms with Gasteiger partial charge in [0.05, 0.1) is 6.61 Å². The molecule has 5 heteroatoms. The van der Waals surface area contributed by atoms with Gasteiger partial charge in [0.25, 0.3) is 5.09 Å². The van der Waals surface area contributed by atoms with Crippen molar-refractivity contribution in [2.24, 2.45) is 17.6 Å². The zero-order valence-corrected chi connectivity index (χ0v) is 7.65. The minimum absolute atomic E-state index is 0.217. The fraction of sp³-hybridized carbons (Fsp3) is 1.00. The molecule has 0 aromatic heterocycles. The molecule has 13 heavy (non-hydrogen) atoms. The molecule has 0 bridgehead atoms. The molecule has 0 aromatic carbocycles. The van der Waals surface area contributed by atoms with Crippen LogP contribution in [0.1, 0.15) is 25.7 Å². The zero-order valence-electron chi connectivity index (χ0n) is 7.65. The van der Waals surface area contributed by atoms with Crippen molar-refractivity contribution in [2.75, 3.05) is 13.2 Å². The molecule has 0 radical (unpaired) electrons. The lowest BCUT2D eigenvalue weighted by Gasteiger charge is -2.29. The summed E-state index contributed by atoms with van der Waals surface area (Å²) in [4.78, 5) is 14.4. The van der Waals surface area contributed by atoms with Gasteiger partial charge in [-0.3, -0.25) is 0 Å². The van der Waals surface area contributed by atoms with Crippen LogP contribution in [0.5, 0.6) is 0 Å². The third-order valence-corrected chi connectivity index (χ3v) is 2.76. The van der Waals surface area contributed by atoms with Gasteiger partial charge in [-0.2, -0.15) is 0 Å². The van der Waals surface area contributed by atoms with E-state index in [9.17, 15) is 10.1 Å². The van der Waals surface area contributed by atoms with Crippen molar-refractivity contribution in [2.45, 2.75) is 25.7 Å². The molecule has 1 rings (SSSR count). The maximum absolute atomic E-state index is 9.99. The van der Waals surface area contributed by atoms with Crippen molar-refractivity contribution in [3.8, 4) is 0 Å². The summed E-state index contributed by atoms with van der Waals surface area (Å²) >= 11 is 0. The van der Waals surface area contributed by atoms with Crippen molar-refractivity contribution in [3.63, 3.8) is 0 Å². The highest BCUT2D eigenvalue weighted by molar-refractivity contribution is 4.75. The van der Waals surface area contributed by atoms with Crippen LogP contribution in [0.25, 0.3) is 0 Å². The minimum Gasteiger partial charge on any atom is -0.330 e. The van der Waals surface area contributed by atoms with Gasteiger partial charge in [-0.25, -0.2) is 0 Å². The van der Waals surface area contributed by atoms with Gasteiger partial charge in [0.15, 0.2) is 0 Å². The van der Waals surface area contributed by atoms with Crippen LogP contribution in [0.2, 0.25) is 0 Å². The van der Waals surface area contributed by atoms with Crippen LogP contribution < -0.4 is 5.73 Å². The van der Waals surface area contributed by atoms with Crippen LogP contribution in [-0.4, -0.2) is 18.2 Å². The van der Waals surface area contributed by atoms with Crippen LogP contribution >= 0.6 is 0 Å². The topological polar surface area (TPSA) is 78.4 Å². The maximum Gasteiger partial charge on any atom is 0.294 e. The van der Waals surface area contributed by atoms with Gasteiger partial charge in [-0.1, -0.05) is 12.8 Å². The fourth-order valence-corrected chi connectivity index (χ4v) is 1.97. The number of nitrogens with zero attached hydrogens (tertiary/aromatic N) is 1. The van der Waals surface area contributed by atoms with Crippen LogP contribution in [0.4, 0.5) is 0 Å². The quantitative estimate of drug-likeness (QED) is 0.526. The summed E-state index contributed by atoms with van der Waals surface area (Å²) in [6.45, 7) is 0.834. The second kappa shape index (κ2) is 5.01. The summed E-state index contributed by atoms with van der Waals surface area (Å²) < 4.78 is 0. The lowest BCUT2D eigenvalue weighted by molar-refractivity contribution is -0.759. The summed E-state index contributed by atoms with van der Waals surface area (Å²) in [5.41, 5.74) is 5.57. The van der Waals surface area contributed by atoms with E-state index in [1.165, 1.54) is 6.42 Å². The summed E-state index contributed by atoms with van der Waals surface area (Å²) in [5, 5.41) is 9.27. The summed E-state index contributed by atoms with van der Waals surface area (Å²) in [7, 11) is 0. The van der Waals surface area contributed by atoms with E-state index in [0.717, 1.165) is 19.3 Å². The lowest BCUT2D eigenvalue weighted by Crippen LogP contribution is -2.30. The Morgan fingerprint density at radius 1 is 1.38 bits per heavy atom. The van der Waals surface area contributed by atoms with E-state index in [-0.39, 0.29) is 12.5 Å². The Bertz CT molecular complexity index is 175. The summed E-state index contributed by atoms with van der Waals surface area (Å²) in [6, 6.07) is 0. The van der Waals surface area contributed by atoms with E-state index in [2.05, 4.69) is 4.84 Å². The van der Waals surface area contributed by atoms with Crippen LogP contribution in [0.15, 0.2) is 0 Å². The molecule has 5 nitrogen and oxygen atoms in total. The predicted octanol–water partition coefficient (Wildman–Crippen LogP) is 0.960. The molecule has 2 atom stereocenters. The van der Waals surface area contributed by atoms with Crippen LogP contribution in [0.3, 0.4) is 0 Å². The second-order valence-corrected chi connectivity index (χ2v) is 3.56. The third kappa shape index (κ3) is 3.18. The minimum atomic E-state index is -0.720. The Kier molecular flexibility index (Phi) is 3.95. The number of rotatable bonds is 4. The van der Waals surface area contributed by atoms with Gasteiger partial charge in [-0.05, 0) is 31.2 Å². The molecule has 0 aromatic rings. The molecule has 1 aliphatic carbocycles. The largest absolute Gasteiger partial charge is 0.330 e. The van der Waals surface area contributed by atoms with E-state index >= 15 is 0 Å². The van der Waals surface area contributed by atoms with Crippen molar-refractivity contribution in [1.82, 2.24) is 0 Å². The fourth-order valence-electron chi connectivity index (χ4n) is 1.97. The Labute approximate surface area is 77.3 Å². The molecular formula is C8H16N2O3. The zero-order chi connectivity index (χ0) is 9.68. The molecule has 1 aliphatic rings. The standard InChI is InChI=1S/C8H16N2O3/c9-5-7-3-1-2-4-8(7)6-13-10(11)12/h7-8H,1-6,9H2/t7-,8+/m0/s1. The van der Waals surface area contributed by atoms with Crippen molar-refractivity contribution in [1.29, 1.82) is 0 Å². The monoisotopic (exact) mass is 188 g/mol. The molecular weight excluding hydrogens is 172 g/mol. The molecule has 0 saturated heterocycles. The number of nitrogens with two attached hydrogens (primary N) is 1. The van der Waals surface area contributed by atoms with Gasteiger partial charge in [0, 0.05) is 0 Å². The first-order valence-corrected chi connectivity index (χ1v) is 4.71.